The molecule has 0 radical (unpaired) electrons. The molecule has 1 atom stereocenters. The molecule has 25 heavy (non-hydrogen) atoms. The van der Waals surface area contributed by atoms with E-state index in [4.69, 9.17) is 11.6 Å². The smallest absolute Gasteiger partial charge is 0.247 e. The largest absolute Gasteiger partial charge is 0.330 e. The molecule has 0 aliphatic carbocycles. The molecule has 0 saturated heterocycles. The van der Waals surface area contributed by atoms with Gasteiger partial charge in [-0.1, -0.05) is 41.9 Å². The van der Waals surface area contributed by atoms with Crippen molar-refractivity contribution in [2.24, 2.45) is 0 Å². The van der Waals surface area contributed by atoms with Gasteiger partial charge >= 0.3 is 0 Å². The molecule has 7 heteroatoms. The van der Waals surface area contributed by atoms with Crippen LogP contribution >= 0.6 is 11.6 Å². The fourth-order valence-electron chi connectivity index (χ4n) is 2.94. The molecule has 0 spiro atoms. The number of hydrogen-bond acceptors (Lipinski definition) is 4. The van der Waals surface area contributed by atoms with Crippen LogP contribution in [0, 0.1) is 0 Å². The minimum Gasteiger partial charge on any atom is -0.330 e. The Bertz CT molecular complexity index is 924. The number of nitrogens with zero attached hydrogens (tertiary/aromatic N) is 5. The first-order valence-electron chi connectivity index (χ1n) is 8.00. The van der Waals surface area contributed by atoms with Crippen molar-refractivity contribution >= 4 is 17.5 Å². The molecular formula is C18H16ClN5O. The van der Waals surface area contributed by atoms with Crippen LogP contribution in [0.2, 0.25) is 5.02 Å². The first-order valence-corrected chi connectivity index (χ1v) is 8.38. The number of aromatic nitrogens is 4. The molecule has 3 aromatic rings. The SMILES string of the molecule is C[C@@H](C(=O)N1Cc2cnc(-c3ccccc3)nc2C1)n1cc(Cl)cn1. The van der Waals surface area contributed by atoms with E-state index in [0.717, 1.165) is 16.8 Å². The van der Waals surface area contributed by atoms with Gasteiger partial charge in [-0.15, -0.1) is 0 Å². The highest BCUT2D eigenvalue weighted by molar-refractivity contribution is 6.30. The average Bonchev–Trinajstić information content (AvgIpc) is 3.26. The molecule has 1 aliphatic rings. The predicted molar refractivity (Wildman–Crippen MR) is 93.7 cm³/mol. The van der Waals surface area contributed by atoms with Gasteiger partial charge in [0.15, 0.2) is 5.82 Å². The second-order valence-corrected chi connectivity index (χ2v) is 6.48. The highest BCUT2D eigenvalue weighted by atomic mass is 35.5. The lowest BCUT2D eigenvalue weighted by atomic mass is 10.2. The number of carbonyl (C=O) groups is 1. The lowest BCUT2D eigenvalue weighted by Crippen LogP contribution is -2.32. The number of fused-ring (bicyclic) bond motifs is 1. The Balaban J connectivity index is 1.54. The highest BCUT2D eigenvalue weighted by Crippen LogP contribution is 2.25. The van der Waals surface area contributed by atoms with E-state index in [1.165, 1.54) is 6.20 Å². The van der Waals surface area contributed by atoms with Gasteiger partial charge in [-0.3, -0.25) is 9.48 Å². The Morgan fingerprint density at radius 2 is 2.00 bits per heavy atom. The van der Waals surface area contributed by atoms with E-state index in [9.17, 15) is 4.79 Å². The van der Waals surface area contributed by atoms with Crippen molar-refractivity contribution in [2.75, 3.05) is 0 Å². The molecule has 0 N–H and O–H groups in total. The summed E-state index contributed by atoms with van der Waals surface area (Å²) in [7, 11) is 0. The van der Waals surface area contributed by atoms with Crippen LogP contribution in [0.1, 0.15) is 24.2 Å². The van der Waals surface area contributed by atoms with Gasteiger partial charge in [0.05, 0.1) is 23.5 Å². The normalized spacial score (nSPS) is 14.4. The van der Waals surface area contributed by atoms with Crippen molar-refractivity contribution in [1.29, 1.82) is 0 Å². The molecule has 1 amide bonds. The molecule has 3 heterocycles. The maximum absolute atomic E-state index is 12.8. The van der Waals surface area contributed by atoms with E-state index >= 15 is 0 Å². The van der Waals surface area contributed by atoms with Crippen LogP contribution in [0.5, 0.6) is 0 Å². The molecule has 126 valence electrons. The van der Waals surface area contributed by atoms with Crippen molar-refractivity contribution in [3.63, 3.8) is 0 Å². The fraction of sp³-hybridized carbons (Fsp3) is 0.222. The summed E-state index contributed by atoms with van der Waals surface area (Å²) in [6, 6.07) is 9.41. The first kappa shape index (κ1) is 15.8. The van der Waals surface area contributed by atoms with Gasteiger partial charge < -0.3 is 4.90 Å². The molecule has 1 aromatic carbocycles. The summed E-state index contributed by atoms with van der Waals surface area (Å²) >= 11 is 5.89. The molecule has 6 nitrogen and oxygen atoms in total. The zero-order valence-electron chi connectivity index (χ0n) is 13.6. The zero-order chi connectivity index (χ0) is 17.4. The Morgan fingerprint density at radius 3 is 2.72 bits per heavy atom. The van der Waals surface area contributed by atoms with Crippen molar-refractivity contribution in [1.82, 2.24) is 24.6 Å². The van der Waals surface area contributed by atoms with E-state index in [2.05, 4.69) is 15.1 Å². The highest BCUT2D eigenvalue weighted by Gasteiger charge is 2.29. The third kappa shape index (κ3) is 3.00. The van der Waals surface area contributed by atoms with Gasteiger partial charge in [0.1, 0.15) is 6.04 Å². The zero-order valence-corrected chi connectivity index (χ0v) is 14.4. The van der Waals surface area contributed by atoms with Crippen molar-refractivity contribution < 1.29 is 4.79 Å². The molecule has 2 aromatic heterocycles. The van der Waals surface area contributed by atoms with Crippen molar-refractivity contribution in [2.45, 2.75) is 26.1 Å². The van der Waals surface area contributed by atoms with Crippen LogP contribution in [0.4, 0.5) is 0 Å². The van der Waals surface area contributed by atoms with Crippen molar-refractivity contribution in [3.8, 4) is 11.4 Å². The topological polar surface area (TPSA) is 63.9 Å². The summed E-state index contributed by atoms with van der Waals surface area (Å²) in [5, 5.41) is 4.64. The van der Waals surface area contributed by atoms with Crippen LogP contribution in [-0.2, 0) is 17.9 Å². The number of rotatable bonds is 3. The van der Waals surface area contributed by atoms with Gasteiger partial charge in [0, 0.05) is 30.1 Å². The summed E-state index contributed by atoms with van der Waals surface area (Å²) in [6.45, 7) is 2.81. The van der Waals surface area contributed by atoms with Gasteiger partial charge in [0.2, 0.25) is 5.91 Å². The summed E-state index contributed by atoms with van der Waals surface area (Å²) in [5.74, 6) is 0.666. The lowest BCUT2D eigenvalue weighted by Gasteiger charge is -2.20. The molecule has 0 bridgehead atoms. The van der Waals surface area contributed by atoms with Crippen LogP contribution in [0.25, 0.3) is 11.4 Å². The Morgan fingerprint density at radius 1 is 1.20 bits per heavy atom. The summed E-state index contributed by atoms with van der Waals surface area (Å²) in [6.07, 6.45) is 5.00. The molecule has 1 aliphatic heterocycles. The van der Waals surface area contributed by atoms with E-state index in [-0.39, 0.29) is 5.91 Å². The van der Waals surface area contributed by atoms with Gasteiger partial charge in [-0.05, 0) is 6.92 Å². The quantitative estimate of drug-likeness (QED) is 0.725. The van der Waals surface area contributed by atoms with Crippen LogP contribution in [-0.4, -0.2) is 30.6 Å². The van der Waals surface area contributed by atoms with Gasteiger partial charge in [-0.25, -0.2) is 9.97 Å². The maximum atomic E-state index is 12.8. The molecule has 0 unspecified atom stereocenters. The molecular weight excluding hydrogens is 338 g/mol. The van der Waals surface area contributed by atoms with Crippen LogP contribution in [0.15, 0.2) is 48.9 Å². The fourth-order valence-corrected chi connectivity index (χ4v) is 3.08. The second-order valence-electron chi connectivity index (χ2n) is 6.04. The number of benzene rings is 1. The third-order valence-electron chi connectivity index (χ3n) is 4.32. The predicted octanol–water partition coefficient (Wildman–Crippen LogP) is 3.10. The average molecular weight is 354 g/mol. The maximum Gasteiger partial charge on any atom is 0.247 e. The number of hydrogen-bond donors (Lipinski definition) is 0. The lowest BCUT2D eigenvalue weighted by molar-refractivity contribution is -0.135. The Kier molecular flexibility index (Phi) is 3.97. The van der Waals surface area contributed by atoms with Crippen LogP contribution in [0.3, 0.4) is 0 Å². The van der Waals surface area contributed by atoms with E-state index in [0.29, 0.717) is 23.9 Å². The molecule has 0 fully saturated rings. The van der Waals surface area contributed by atoms with Gasteiger partial charge in [-0.2, -0.15) is 5.10 Å². The minimum absolute atomic E-state index is 0.0148. The van der Waals surface area contributed by atoms with Crippen LogP contribution < -0.4 is 0 Å². The van der Waals surface area contributed by atoms with E-state index in [1.807, 2.05) is 43.5 Å². The Labute approximate surface area is 150 Å². The Hall–Kier alpha value is -2.73. The summed E-state index contributed by atoms with van der Waals surface area (Å²) < 4.78 is 1.58. The van der Waals surface area contributed by atoms with E-state index < -0.39 is 6.04 Å². The van der Waals surface area contributed by atoms with Gasteiger partial charge in [0.25, 0.3) is 0 Å². The monoisotopic (exact) mass is 353 g/mol. The third-order valence-corrected chi connectivity index (χ3v) is 4.52. The van der Waals surface area contributed by atoms with Crippen molar-refractivity contribution in [3.05, 3.63) is 65.2 Å². The summed E-state index contributed by atoms with van der Waals surface area (Å²) in [4.78, 5) is 23.6. The number of carbonyl (C=O) groups excluding carboxylic acids is 1. The minimum atomic E-state index is -0.414. The number of amides is 1. The number of halogens is 1. The van der Waals surface area contributed by atoms with E-state index in [1.54, 1.807) is 15.8 Å². The second kappa shape index (κ2) is 6.29. The molecule has 0 saturated carbocycles. The standard InChI is InChI=1S/C18H16ClN5O/c1-12(24-10-15(19)8-21-24)18(25)23-9-14-7-20-17(22-16(14)11-23)13-5-3-2-4-6-13/h2-8,10,12H,9,11H2,1H3/t12-/m0/s1. The summed E-state index contributed by atoms with van der Waals surface area (Å²) in [5.41, 5.74) is 2.85. The molecule has 4 rings (SSSR count). The first-order chi connectivity index (χ1) is 12.1.